The lowest BCUT2D eigenvalue weighted by Crippen LogP contribution is -2.42. The molecule has 1 atom stereocenters. The molecule has 2 aromatic rings. The Balaban J connectivity index is 1.81. The molecule has 0 radical (unpaired) electrons. The molecule has 28 heavy (non-hydrogen) atoms. The molecule has 2 rings (SSSR count). The highest BCUT2D eigenvalue weighted by molar-refractivity contribution is 7.89. The maximum Gasteiger partial charge on any atom is 0.213 e. The van der Waals surface area contributed by atoms with E-state index in [-0.39, 0.29) is 30.7 Å². The van der Waals surface area contributed by atoms with Crippen LogP contribution in [0.3, 0.4) is 0 Å². The quantitative estimate of drug-likeness (QED) is 0.465. The maximum atomic E-state index is 13.7. The summed E-state index contributed by atoms with van der Waals surface area (Å²) in [7, 11) is -1.82. The number of nitrogens with zero attached hydrogens (tertiary/aromatic N) is 1. The van der Waals surface area contributed by atoms with Gasteiger partial charge in [0.15, 0.2) is 5.96 Å². The number of guanidine groups is 1. The first kappa shape index (κ1) is 21.8. The third-order valence-corrected chi connectivity index (χ3v) is 5.60. The molecule has 0 saturated heterocycles. The van der Waals surface area contributed by atoms with Crippen molar-refractivity contribution in [1.82, 2.24) is 15.4 Å². The lowest BCUT2D eigenvalue weighted by atomic mass is 10.1. The minimum Gasteiger partial charge on any atom is -0.355 e. The van der Waals surface area contributed by atoms with Gasteiger partial charge in [-0.25, -0.2) is 17.5 Å². The summed E-state index contributed by atoms with van der Waals surface area (Å²) in [6, 6.07) is 14.2. The van der Waals surface area contributed by atoms with Gasteiger partial charge in [-0.2, -0.15) is 0 Å². The SMILES string of the molecule is CN=C(NCCS(=O)(=O)NCc1ccccc1)NC(C)c1ccc(C)c(F)c1. The molecule has 0 amide bonds. The number of benzene rings is 2. The van der Waals surface area contributed by atoms with Gasteiger partial charge in [0.25, 0.3) is 0 Å². The van der Waals surface area contributed by atoms with Crippen molar-refractivity contribution in [2.45, 2.75) is 26.4 Å². The van der Waals surface area contributed by atoms with Gasteiger partial charge >= 0.3 is 0 Å². The first-order valence-electron chi connectivity index (χ1n) is 9.05. The summed E-state index contributed by atoms with van der Waals surface area (Å²) in [5.74, 6) is 0.102. The molecule has 0 aliphatic heterocycles. The van der Waals surface area contributed by atoms with Crippen LogP contribution < -0.4 is 15.4 Å². The van der Waals surface area contributed by atoms with Gasteiger partial charge < -0.3 is 10.6 Å². The van der Waals surface area contributed by atoms with Crippen LogP contribution in [-0.2, 0) is 16.6 Å². The summed E-state index contributed by atoms with van der Waals surface area (Å²) in [6.07, 6.45) is 0. The molecule has 0 aliphatic carbocycles. The van der Waals surface area contributed by atoms with E-state index in [0.29, 0.717) is 11.5 Å². The van der Waals surface area contributed by atoms with Crippen molar-refractivity contribution in [3.63, 3.8) is 0 Å². The molecule has 0 heterocycles. The Morgan fingerprint density at radius 1 is 1.18 bits per heavy atom. The summed E-state index contributed by atoms with van der Waals surface area (Å²) in [5, 5.41) is 6.11. The van der Waals surface area contributed by atoms with Gasteiger partial charge in [0, 0.05) is 20.1 Å². The van der Waals surface area contributed by atoms with Gasteiger partial charge in [0.05, 0.1) is 11.8 Å². The highest BCUT2D eigenvalue weighted by Gasteiger charge is 2.12. The van der Waals surface area contributed by atoms with E-state index in [9.17, 15) is 12.8 Å². The van der Waals surface area contributed by atoms with Crippen LogP contribution in [-0.4, -0.2) is 33.7 Å². The molecule has 3 N–H and O–H groups in total. The molecule has 8 heteroatoms. The van der Waals surface area contributed by atoms with E-state index in [0.717, 1.165) is 11.1 Å². The average molecular weight is 407 g/mol. The van der Waals surface area contributed by atoms with Gasteiger partial charge in [-0.1, -0.05) is 42.5 Å². The predicted octanol–water partition coefficient (Wildman–Crippen LogP) is 2.48. The van der Waals surface area contributed by atoms with Gasteiger partial charge in [-0.3, -0.25) is 4.99 Å². The van der Waals surface area contributed by atoms with Gasteiger partial charge in [0.1, 0.15) is 5.82 Å². The minimum atomic E-state index is -3.42. The highest BCUT2D eigenvalue weighted by atomic mass is 32.2. The van der Waals surface area contributed by atoms with Crippen molar-refractivity contribution in [2.75, 3.05) is 19.3 Å². The van der Waals surface area contributed by atoms with Crippen LogP contribution in [0, 0.1) is 12.7 Å². The molecule has 0 bridgehead atoms. The lowest BCUT2D eigenvalue weighted by Gasteiger charge is -2.18. The second-order valence-corrected chi connectivity index (χ2v) is 8.43. The Bertz CT molecular complexity index is 902. The number of rotatable bonds is 8. The highest BCUT2D eigenvalue weighted by Crippen LogP contribution is 2.16. The Hall–Kier alpha value is -2.45. The summed E-state index contributed by atoms with van der Waals surface area (Å²) in [5.41, 5.74) is 2.27. The number of sulfonamides is 1. The van der Waals surface area contributed by atoms with Crippen molar-refractivity contribution in [1.29, 1.82) is 0 Å². The Labute approximate surface area is 166 Å². The third kappa shape index (κ3) is 6.94. The number of hydrogen-bond donors (Lipinski definition) is 3. The average Bonchev–Trinajstić information content (AvgIpc) is 2.68. The molecule has 152 valence electrons. The zero-order chi connectivity index (χ0) is 20.6. The zero-order valence-corrected chi connectivity index (χ0v) is 17.2. The fourth-order valence-electron chi connectivity index (χ4n) is 2.53. The Morgan fingerprint density at radius 2 is 1.89 bits per heavy atom. The van der Waals surface area contributed by atoms with Crippen LogP contribution in [0.4, 0.5) is 4.39 Å². The normalized spacial score (nSPS) is 13.2. The van der Waals surface area contributed by atoms with Crippen molar-refractivity contribution in [3.8, 4) is 0 Å². The monoisotopic (exact) mass is 406 g/mol. The largest absolute Gasteiger partial charge is 0.355 e. The molecule has 1 unspecified atom stereocenters. The standard InChI is InChI=1S/C20H27FN4O2S/c1-15-9-10-18(13-19(15)21)16(2)25-20(22-3)23-11-12-28(26,27)24-14-17-7-5-4-6-8-17/h4-10,13,16,24H,11-12,14H2,1-3H3,(H2,22,23,25). The molecule has 0 aromatic heterocycles. The van der Waals surface area contributed by atoms with Crippen LogP contribution in [0.2, 0.25) is 0 Å². The Morgan fingerprint density at radius 3 is 2.54 bits per heavy atom. The number of hydrogen-bond acceptors (Lipinski definition) is 3. The van der Waals surface area contributed by atoms with Crippen LogP contribution in [0.5, 0.6) is 0 Å². The molecule has 0 saturated carbocycles. The topological polar surface area (TPSA) is 82.6 Å². The van der Waals surface area contributed by atoms with E-state index in [1.807, 2.05) is 43.3 Å². The van der Waals surface area contributed by atoms with E-state index < -0.39 is 10.0 Å². The first-order valence-corrected chi connectivity index (χ1v) is 10.7. The van der Waals surface area contributed by atoms with Crippen molar-refractivity contribution < 1.29 is 12.8 Å². The third-order valence-electron chi connectivity index (χ3n) is 4.27. The fourth-order valence-corrected chi connectivity index (χ4v) is 3.43. The van der Waals surface area contributed by atoms with E-state index >= 15 is 0 Å². The molecule has 0 aliphatic rings. The summed E-state index contributed by atoms with van der Waals surface area (Å²) in [6.45, 7) is 4.05. The summed E-state index contributed by atoms with van der Waals surface area (Å²) in [4.78, 5) is 4.09. The minimum absolute atomic E-state index is 0.0892. The molecule has 6 nitrogen and oxygen atoms in total. The zero-order valence-electron chi connectivity index (χ0n) is 16.4. The van der Waals surface area contributed by atoms with Crippen LogP contribution in [0.1, 0.15) is 29.7 Å². The Kier molecular flexibility index (Phi) is 7.95. The fraction of sp³-hybridized carbons (Fsp3) is 0.350. The van der Waals surface area contributed by atoms with Crippen molar-refractivity contribution in [2.24, 2.45) is 4.99 Å². The van der Waals surface area contributed by atoms with Crippen molar-refractivity contribution >= 4 is 16.0 Å². The van der Waals surface area contributed by atoms with Crippen LogP contribution in [0.15, 0.2) is 53.5 Å². The molecule has 0 spiro atoms. The number of aliphatic imine (C=N–C) groups is 1. The van der Waals surface area contributed by atoms with E-state index in [2.05, 4.69) is 20.3 Å². The van der Waals surface area contributed by atoms with E-state index in [1.54, 1.807) is 20.0 Å². The lowest BCUT2D eigenvalue weighted by molar-refractivity contribution is 0.579. The summed E-state index contributed by atoms with van der Waals surface area (Å²) >= 11 is 0. The van der Waals surface area contributed by atoms with Crippen LogP contribution >= 0.6 is 0 Å². The van der Waals surface area contributed by atoms with Gasteiger partial charge in [-0.15, -0.1) is 0 Å². The molecule has 2 aromatic carbocycles. The van der Waals surface area contributed by atoms with E-state index in [1.165, 1.54) is 6.07 Å². The smallest absolute Gasteiger partial charge is 0.213 e. The second-order valence-electron chi connectivity index (χ2n) is 6.50. The molecule has 0 fully saturated rings. The maximum absolute atomic E-state index is 13.7. The van der Waals surface area contributed by atoms with E-state index in [4.69, 9.17) is 0 Å². The van der Waals surface area contributed by atoms with Gasteiger partial charge in [0.2, 0.25) is 10.0 Å². The first-order chi connectivity index (χ1) is 13.3. The predicted molar refractivity (Wildman–Crippen MR) is 111 cm³/mol. The van der Waals surface area contributed by atoms with Crippen molar-refractivity contribution in [3.05, 3.63) is 71.0 Å². The molecular formula is C20H27FN4O2S. The molecular weight excluding hydrogens is 379 g/mol. The summed E-state index contributed by atoms with van der Waals surface area (Å²) < 4.78 is 40.6. The number of nitrogens with one attached hydrogen (secondary N) is 3. The van der Waals surface area contributed by atoms with Crippen LogP contribution in [0.25, 0.3) is 0 Å². The number of aryl methyl sites for hydroxylation is 1. The van der Waals surface area contributed by atoms with Gasteiger partial charge in [-0.05, 0) is 36.6 Å². The number of halogens is 1. The second kappa shape index (κ2) is 10.2.